The number of fused-ring (bicyclic) bond motifs is 1. The Balaban J connectivity index is 1.94. The van der Waals surface area contributed by atoms with Crippen molar-refractivity contribution >= 4 is 12.6 Å². The predicted octanol–water partition coefficient (Wildman–Crippen LogP) is 0.660. The van der Waals surface area contributed by atoms with Gasteiger partial charge in [-0.05, 0) is 11.7 Å². The molecule has 14 heavy (non-hydrogen) atoms. The lowest BCUT2D eigenvalue weighted by Crippen LogP contribution is -2.36. The molecule has 1 aliphatic rings. The van der Waals surface area contributed by atoms with Crippen LogP contribution in [0.5, 0.6) is 0 Å². The second-order valence-corrected chi connectivity index (χ2v) is 4.33. The number of aromatic nitrogens is 3. The van der Waals surface area contributed by atoms with Gasteiger partial charge in [-0.3, -0.25) is 4.90 Å². The van der Waals surface area contributed by atoms with E-state index >= 15 is 0 Å². The van der Waals surface area contributed by atoms with E-state index < -0.39 is 0 Å². The first kappa shape index (κ1) is 9.98. The van der Waals surface area contributed by atoms with E-state index in [-0.39, 0.29) is 0 Å². The lowest BCUT2D eigenvalue weighted by atomic mass is 10.2. The Kier molecular flexibility index (Phi) is 3.08. The van der Waals surface area contributed by atoms with Crippen molar-refractivity contribution in [2.75, 3.05) is 18.8 Å². The lowest BCUT2D eigenvalue weighted by Gasteiger charge is -2.28. The summed E-state index contributed by atoms with van der Waals surface area (Å²) in [5.74, 6) is 2.68. The molecule has 2 rings (SSSR count). The van der Waals surface area contributed by atoms with Crippen molar-refractivity contribution in [3.05, 3.63) is 12.2 Å². The van der Waals surface area contributed by atoms with Gasteiger partial charge in [0.15, 0.2) is 0 Å². The molecule has 1 atom stereocenters. The third kappa shape index (κ3) is 2.09. The monoisotopic (exact) mass is 212 g/mol. The van der Waals surface area contributed by atoms with Crippen LogP contribution in [0.2, 0.25) is 0 Å². The third-order valence-electron chi connectivity index (χ3n) is 2.60. The van der Waals surface area contributed by atoms with Crippen LogP contribution in [-0.4, -0.2) is 38.5 Å². The Bertz CT molecular complexity index is 299. The molecule has 0 aliphatic carbocycles. The molecule has 1 aromatic heterocycles. The Morgan fingerprint density at radius 2 is 2.43 bits per heavy atom. The first-order valence-electron chi connectivity index (χ1n) is 4.99. The molecule has 0 radical (unpaired) electrons. The van der Waals surface area contributed by atoms with Crippen LogP contribution in [0.15, 0.2) is 6.33 Å². The minimum absolute atomic E-state index is 0.646. The lowest BCUT2D eigenvalue weighted by molar-refractivity contribution is 0.196. The summed E-state index contributed by atoms with van der Waals surface area (Å²) < 4.78 is 2.13. The molecule has 0 spiro atoms. The highest BCUT2D eigenvalue weighted by atomic mass is 32.1. The molecular formula is C9H16N4S. The van der Waals surface area contributed by atoms with Gasteiger partial charge in [0.25, 0.3) is 0 Å². The number of nitrogens with zero attached hydrogens (tertiary/aromatic N) is 4. The standard InChI is InChI=1S/C9H16N4S/c1-8(6-14)4-12-2-3-13-7-10-11-9(13)5-12/h7-8,14H,2-6H2,1H3. The second kappa shape index (κ2) is 4.31. The largest absolute Gasteiger partial charge is 0.315 e. The number of hydrogen-bond donors (Lipinski definition) is 1. The summed E-state index contributed by atoms with van der Waals surface area (Å²) in [4.78, 5) is 2.42. The molecule has 2 heterocycles. The topological polar surface area (TPSA) is 34.0 Å². The zero-order valence-corrected chi connectivity index (χ0v) is 9.32. The first-order chi connectivity index (χ1) is 6.79. The average Bonchev–Trinajstić information content (AvgIpc) is 2.64. The van der Waals surface area contributed by atoms with Crippen molar-refractivity contribution in [1.82, 2.24) is 19.7 Å². The molecule has 1 aliphatic heterocycles. The third-order valence-corrected chi connectivity index (χ3v) is 3.22. The molecule has 0 N–H and O–H groups in total. The van der Waals surface area contributed by atoms with E-state index in [4.69, 9.17) is 0 Å². The maximum absolute atomic E-state index is 4.30. The maximum Gasteiger partial charge on any atom is 0.147 e. The van der Waals surface area contributed by atoms with Crippen LogP contribution in [0.1, 0.15) is 12.7 Å². The van der Waals surface area contributed by atoms with Crippen molar-refractivity contribution in [2.24, 2.45) is 5.92 Å². The summed E-state index contributed by atoms with van der Waals surface area (Å²) in [5, 5.41) is 8.00. The van der Waals surface area contributed by atoms with Gasteiger partial charge >= 0.3 is 0 Å². The smallest absolute Gasteiger partial charge is 0.147 e. The van der Waals surface area contributed by atoms with Gasteiger partial charge in [0.1, 0.15) is 12.2 Å². The predicted molar refractivity (Wildman–Crippen MR) is 58.3 cm³/mol. The molecule has 5 heteroatoms. The minimum atomic E-state index is 0.646. The Morgan fingerprint density at radius 1 is 1.57 bits per heavy atom. The summed E-state index contributed by atoms with van der Waals surface area (Å²) in [5.41, 5.74) is 0. The highest BCUT2D eigenvalue weighted by Gasteiger charge is 2.18. The number of thiol groups is 1. The maximum atomic E-state index is 4.30. The quantitative estimate of drug-likeness (QED) is 0.747. The molecule has 0 bridgehead atoms. The highest BCUT2D eigenvalue weighted by molar-refractivity contribution is 7.80. The van der Waals surface area contributed by atoms with Gasteiger partial charge in [0.2, 0.25) is 0 Å². The van der Waals surface area contributed by atoms with Gasteiger partial charge in [-0.25, -0.2) is 0 Å². The van der Waals surface area contributed by atoms with Crippen LogP contribution in [0.4, 0.5) is 0 Å². The Hall–Kier alpha value is -0.550. The Morgan fingerprint density at radius 3 is 3.21 bits per heavy atom. The molecule has 0 fully saturated rings. The molecule has 78 valence electrons. The SMILES string of the molecule is CC(CS)CN1CCn2cnnc2C1. The van der Waals surface area contributed by atoms with Gasteiger partial charge in [-0.1, -0.05) is 6.92 Å². The van der Waals surface area contributed by atoms with Crippen molar-refractivity contribution in [1.29, 1.82) is 0 Å². The highest BCUT2D eigenvalue weighted by Crippen LogP contribution is 2.11. The van der Waals surface area contributed by atoms with Crippen LogP contribution < -0.4 is 0 Å². The van der Waals surface area contributed by atoms with Crippen molar-refractivity contribution in [3.8, 4) is 0 Å². The van der Waals surface area contributed by atoms with Gasteiger partial charge in [-0.15, -0.1) is 10.2 Å². The van der Waals surface area contributed by atoms with E-state index in [1.165, 1.54) is 0 Å². The van der Waals surface area contributed by atoms with Crippen LogP contribution >= 0.6 is 12.6 Å². The summed E-state index contributed by atoms with van der Waals surface area (Å²) >= 11 is 4.30. The fourth-order valence-electron chi connectivity index (χ4n) is 1.77. The summed E-state index contributed by atoms with van der Waals surface area (Å²) in [7, 11) is 0. The fraction of sp³-hybridized carbons (Fsp3) is 0.778. The normalized spacial score (nSPS) is 19.3. The van der Waals surface area contributed by atoms with Gasteiger partial charge in [0.05, 0.1) is 6.54 Å². The molecule has 0 saturated carbocycles. The molecular weight excluding hydrogens is 196 g/mol. The van der Waals surface area contributed by atoms with Gasteiger partial charge in [0, 0.05) is 19.6 Å². The molecule has 0 amide bonds. The molecule has 0 saturated heterocycles. The van der Waals surface area contributed by atoms with E-state index in [1.54, 1.807) is 0 Å². The molecule has 4 nitrogen and oxygen atoms in total. The minimum Gasteiger partial charge on any atom is -0.315 e. The Labute approximate surface area is 89.7 Å². The van der Waals surface area contributed by atoms with Crippen LogP contribution in [0.3, 0.4) is 0 Å². The average molecular weight is 212 g/mol. The molecule has 1 unspecified atom stereocenters. The zero-order chi connectivity index (χ0) is 9.97. The zero-order valence-electron chi connectivity index (χ0n) is 8.43. The number of rotatable bonds is 3. The van der Waals surface area contributed by atoms with Crippen LogP contribution in [-0.2, 0) is 13.1 Å². The first-order valence-corrected chi connectivity index (χ1v) is 5.62. The fourth-order valence-corrected chi connectivity index (χ4v) is 1.89. The summed E-state index contributed by atoms with van der Waals surface area (Å²) in [6.45, 7) is 6.38. The number of hydrogen-bond acceptors (Lipinski definition) is 4. The van der Waals surface area contributed by atoms with Crippen LogP contribution in [0, 0.1) is 5.92 Å². The van der Waals surface area contributed by atoms with E-state index in [2.05, 4.69) is 39.2 Å². The summed E-state index contributed by atoms with van der Waals surface area (Å²) in [6.07, 6.45) is 1.81. The summed E-state index contributed by atoms with van der Waals surface area (Å²) in [6, 6.07) is 0. The second-order valence-electron chi connectivity index (χ2n) is 3.96. The van der Waals surface area contributed by atoms with E-state index in [0.29, 0.717) is 5.92 Å². The van der Waals surface area contributed by atoms with Crippen molar-refractivity contribution in [2.45, 2.75) is 20.0 Å². The van der Waals surface area contributed by atoms with Gasteiger partial charge in [-0.2, -0.15) is 12.6 Å². The van der Waals surface area contributed by atoms with Crippen molar-refractivity contribution in [3.63, 3.8) is 0 Å². The van der Waals surface area contributed by atoms with Crippen LogP contribution in [0.25, 0.3) is 0 Å². The molecule has 1 aromatic rings. The molecule has 0 aromatic carbocycles. The van der Waals surface area contributed by atoms with E-state index in [0.717, 1.165) is 37.8 Å². The van der Waals surface area contributed by atoms with Gasteiger partial charge < -0.3 is 4.57 Å². The van der Waals surface area contributed by atoms with E-state index in [1.807, 2.05) is 6.33 Å². The van der Waals surface area contributed by atoms with E-state index in [9.17, 15) is 0 Å². The van der Waals surface area contributed by atoms with Crippen molar-refractivity contribution < 1.29 is 0 Å².